The van der Waals surface area contributed by atoms with Gasteiger partial charge >= 0.3 is 0 Å². The summed E-state index contributed by atoms with van der Waals surface area (Å²) in [6.45, 7) is 0. The molecule has 0 spiro atoms. The smallest absolute Gasteiger partial charge is 0.0667 e. The minimum Gasteiger partial charge on any atom is -0.261 e. The molecule has 2 heteroatoms. The molecule has 76 valence electrons. The predicted molar refractivity (Wildman–Crippen MR) is 67.7 cm³/mol. The van der Waals surface area contributed by atoms with Crippen molar-refractivity contribution in [2.45, 2.75) is 12.8 Å². The average molecular weight is 206 g/mol. The minimum atomic E-state index is 0.965. The molecule has 2 nitrogen and oxygen atoms in total. The maximum absolute atomic E-state index is 4.39. The van der Waals surface area contributed by atoms with Crippen LogP contribution in [0.2, 0.25) is 0 Å². The van der Waals surface area contributed by atoms with Crippen LogP contribution in [-0.4, -0.2) is 12.4 Å². The first kappa shape index (κ1) is 8.22. The van der Waals surface area contributed by atoms with Crippen LogP contribution in [0.1, 0.15) is 11.1 Å². The lowest BCUT2D eigenvalue weighted by Gasteiger charge is -2.08. The number of aliphatic imine (C=N–C) groups is 2. The van der Waals surface area contributed by atoms with Crippen LogP contribution in [0.15, 0.2) is 34.3 Å². The monoisotopic (exact) mass is 206 g/mol. The molecule has 0 fully saturated rings. The second-order valence-corrected chi connectivity index (χ2v) is 4.25. The van der Waals surface area contributed by atoms with Crippen molar-refractivity contribution in [1.29, 1.82) is 0 Å². The number of fused-ring (bicyclic) bond motifs is 5. The van der Waals surface area contributed by atoms with Crippen LogP contribution in [-0.2, 0) is 12.8 Å². The van der Waals surface area contributed by atoms with Gasteiger partial charge in [-0.3, -0.25) is 9.98 Å². The molecule has 0 bridgehead atoms. The van der Waals surface area contributed by atoms with E-state index in [4.69, 9.17) is 0 Å². The fraction of sp³-hybridized carbons (Fsp3) is 0.143. The van der Waals surface area contributed by atoms with Gasteiger partial charge in [0.25, 0.3) is 0 Å². The summed E-state index contributed by atoms with van der Waals surface area (Å²) < 4.78 is 0. The first-order valence-corrected chi connectivity index (χ1v) is 5.56. The van der Waals surface area contributed by atoms with E-state index in [0.717, 1.165) is 24.2 Å². The van der Waals surface area contributed by atoms with Gasteiger partial charge in [-0.15, -0.1) is 0 Å². The normalized spacial score (nSPS) is 15.8. The molecule has 2 aromatic rings. The third kappa shape index (κ3) is 0.915. The summed E-state index contributed by atoms with van der Waals surface area (Å²) in [5, 5.41) is 2.69. The van der Waals surface area contributed by atoms with E-state index in [1.165, 1.54) is 21.9 Å². The molecular weight excluding hydrogens is 196 g/mol. The maximum Gasteiger partial charge on any atom is 0.0667 e. The van der Waals surface area contributed by atoms with Crippen LogP contribution in [0.5, 0.6) is 0 Å². The summed E-state index contributed by atoms with van der Waals surface area (Å²) in [4.78, 5) is 8.77. The molecule has 16 heavy (non-hydrogen) atoms. The van der Waals surface area contributed by atoms with Gasteiger partial charge in [-0.1, -0.05) is 12.1 Å². The van der Waals surface area contributed by atoms with Crippen LogP contribution in [0, 0.1) is 0 Å². The molecule has 0 radical (unpaired) electrons. The number of rotatable bonds is 0. The predicted octanol–water partition coefficient (Wildman–Crippen LogP) is 3.36. The zero-order valence-corrected chi connectivity index (χ0v) is 8.77. The highest BCUT2D eigenvalue weighted by Gasteiger charge is 2.15. The molecule has 0 saturated carbocycles. The van der Waals surface area contributed by atoms with E-state index in [1.54, 1.807) is 0 Å². The van der Waals surface area contributed by atoms with Crippen molar-refractivity contribution in [3.05, 3.63) is 35.4 Å². The highest BCUT2D eigenvalue weighted by Crippen LogP contribution is 2.37. The Hall–Kier alpha value is -1.96. The molecule has 2 heterocycles. The minimum absolute atomic E-state index is 0.965. The van der Waals surface area contributed by atoms with Gasteiger partial charge in [0.2, 0.25) is 0 Å². The first-order chi connectivity index (χ1) is 7.93. The Labute approximate surface area is 93.4 Å². The van der Waals surface area contributed by atoms with Gasteiger partial charge in [0.15, 0.2) is 0 Å². The molecule has 0 amide bonds. The Balaban J connectivity index is 2.14. The molecule has 4 rings (SSSR count). The Morgan fingerprint density at radius 3 is 1.69 bits per heavy atom. The summed E-state index contributed by atoms with van der Waals surface area (Å²) in [6, 6.07) is 8.62. The third-order valence-corrected chi connectivity index (χ3v) is 3.43. The van der Waals surface area contributed by atoms with Crippen molar-refractivity contribution in [1.82, 2.24) is 0 Å². The lowest BCUT2D eigenvalue weighted by molar-refractivity contribution is 1.42. The van der Waals surface area contributed by atoms with E-state index in [1.807, 2.05) is 12.4 Å². The fourth-order valence-corrected chi connectivity index (χ4v) is 2.65. The lowest BCUT2D eigenvalue weighted by Crippen LogP contribution is -1.87. The lowest BCUT2D eigenvalue weighted by atomic mass is 9.97. The number of nitrogens with zero attached hydrogens (tertiary/aromatic N) is 2. The Bertz CT molecular complexity index is 607. The zero-order valence-electron chi connectivity index (χ0n) is 8.77. The van der Waals surface area contributed by atoms with E-state index in [-0.39, 0.29) is 0 Å². The second kappa shape index (κ2) is 2.79. The molecule has 2 aliphatic heterocycles. The van der Waals surface area contributed by atoms with Gasteiger partial charge in [0.1, 0.15) is 0 Å². The van der Waals surface area contributed by atoms with Crippen LogP contribution in [0.4, 0.5) is 11.4 Å². The highest BCUT2D eigenvalue weighted by atomic mass is 14.8. The summed E-state index contributed by atoms with van der Waals surface area (Å²) in [6.07, 6.45) is 5.92. The number of benzene rings is 2. The number of hydrogen-bond acceptors (Lipinski definition) is 2. The highest BCUT2D eigenvalue weighted by molar-refractivity contribution is 6.00. The van der Waals surface area contributed by atoms with E-state index < -0.39 is 0 Å². The molecule has 0 aliphatic carbocycles. The Morgan fingerprint density at radius 1 is 0.688 bits per heavy atom. The van der Waals surface area contributed by atoms with E-state index in [0.29, 0.717) is 0 Å². The van der Waals surface area contributed by atoms with Crippen molar-refractivity contribution in [2.75, 3.05) is 0 Å². The van der Waals surface area contributed by atoms with Gasteiger partial charge in [-0.25, -0.2) is 0 Å². The molecule has 0 unspecified atom stereocenters. The quantitative estimate of drug-likeness (QED) is 0.631. The summed E-state index contributed by atoms with van der Waals surface area (Å²) >= 11 is 0. The van der Waals surface area contributed by atoms with E-state index in [9.17, 15) is 0 Å². The molecule has 0 N–H and O–H groups in total. The molecule has 2 aromatic carbocycles. The van der Waals surface area contributed by atoms with Crippen molar-refractivity contribution < 1.29 is 0 Å². The van der Waals surface area contributed by atoms with Crippen molar-refractivity contribution in [2.24, 2.45) is 9.98 Å². The molecular formula is C14H10N2. The third-order valence-electron chi connectivity index (χ3n) is 3.43. The molecule has 0 aromatic heterocycles. The Kier molecular flexibility index (Phi) is 1.43. The topological polar surface area (TPSA) is 24.7 Å². The van der Waals surface area contributed by atoms with Gasteiger partial charge < -0.3 is 0 Å². The van der Waals surface area contributed by atoms with E-state index in [2.05, 4.69) is 34.3 Å². The van der Waals surface area contributed by atoms with Crippen molar-refractivity contribution >= 4 is 34.6 Å². The van der Waals surface area contributed by atoms with Crippen LogP contribution >= 0.6 is 0 Å². The van der Waals surface area contributed by atoms with Gasteiger partial charge in [0.05, 0.1) is 11.4 Å². The molecule has 0 saturated heterocycles. The Morgan fingerprint density at radius 2 is 1.19 bits per heavy atom. The standard InChI is InChI=1S/C14H10N2/c1-3-13-12(6-8-15-13)10-2-4-14-11(9(1)10)5-7-16-14/h1-4,7-8H,5-6H2. The second-order valence-electron chi connectivity index (χ2n) is 4.25. The molecule has 0 atom stereocenters. The maximum atomic E-state index is 4.39. The van der Waals surface area contributed by atoms with Crippen molar-refractivity contribution in [3.63, 3.8) is 0 Å². The number of hydrogen-bond donors (Lipinski definition) is 0. The van der Waals surface area contributed by atoms with Gasteiger partial charge in [-0.2, -0.15) is 0 Å². The summed E-state index contributed by atoms with van der Waals surface area (Å²) in [7, 11) is 0. The fourth-order valence-electron chi connectivity index (χ4n) is 2.65. The van der Waals surface area contributed by atoms with Crippen LogP contribution in [0.3, 0.4) is 0 Å². The van der Waals surface area contributed by atoms with Crippen LogP contribution < -0.4 is 0 Å². The van der Waals surface area contributed by atoms with Gasteiger partial charge in [0, 0.05) is 25.3 Å². The largest absolute Gasteiger partial charge is 0.261 e. The van der Waals surface area contributed by atoms with Gasteiger partial charge in [-0.05, 0) is 34.0 Å². The first-order valence-electron chi connectivity index (χ1n) is 5.56. The zero-order chi connectivity index (χ0) is 10.5. The average Bonchev–Trinajstić information content (AvgIpc) is 2.96. The van der Waals surface area contributed by atoms with Crippen molar-refractivity contribution in [3.8, 4) is 0 Å². The summed E-state index contributed by atoms with van der Waals surface area (Å²) in [5.74, 6) is 0. The molecule has 2 aliphatic rings. The summed E-state index contributed by atoms with van der Waals surface area (Å²) in [5.41, 5.74) is 5.00. The van der Waals surface area contributed by atoms with Crippen LogP contribution in [0.25, 0.3) is 10.8 Å². The SMILES string of the molecule is C1=Nc2ccc3c4c(ccc3c2C1)N=CC4. The van der Waals surface area contributed by atoms with E-state index >= 15 is 0 Å².